The van der Waals surface area contributed by atoms with E-state index < -0.39 is 0 Å². The summed E-state index contributed by atoms with van der Waals surface area (Å²) in [5, 5.41) is 5.08. The van der Waals surface area contributed by atoms with Gasteiger partial charge >= 0.3 is 0 Å². The van der Waals surface area contributed by atoms with Gasteiger partial charge in [0, 0.05) is 39.6 Å². The largest absolute Gasteiger partial charge is 0.344 e. The van der Waals surface area contributed by atoms with Gasteiger partial charge in [0.05, 0.1) is 10.9 Å². The number of hydrogen-bond donors (Lipinski definition) is 0. The van der Waals surface area contributed by atoms with Gasteiger partial charge < -0.3 is 4.57 Å². The minimum absolute atomic E-state index is 0.912. The molecule has 0 radical (unpaired) electrons. The molecule has 212 valence electrons. The van der Waals surface area contributed by atoms with Crippen molar-refractivity contribution in [2.24, 2.45) is 12.0 Å². The molecule has 0 amide bonds. The second kappa shape index (κ2) is 14.3. The van der Waals surface area contributed by atoms with Crippen LogP contribution in [0.5, 0.6) is 0 Å². The van der Waals surface area contributed by atoms with E-state index in [4.69, 9.17) is 4.99 Å². The average Bonchev–Trinajstić information content (AvgIpc) is 3.49. The van der Waals surface area contributed by atoms with Crippen molar-refractivity contribution < 1.29 is 0 Å². The van der Waals surface area contributed by atoms with Crippen LogP contribution in [0, 0.1) is 13.8 Å². The molecule has 0 unspecified atom stereocenters. The third kappa shape index (κ3) is 6.31. The SMILES string of the molecule is CC.CC/C=C\c1sc(/C(=C\CC)c2ccccc2)c(C)c1C.Cn1c2ccccc2c2c3c(ccc21)=CCCN=3. The first-order chi connectivity index (χ1) is 20.0. The number of para-hydroxylation sites is 1. The Balaban J connectivity index is 0.000000179. The molecule has 5 aromatic rings. The summed E-state index contributed by atoms with van der Waals surface area (Å²) in [5.74, 6) is 0. The second-order valence-corrected chi connectivity index (χ2v) is 11.1. The molecule has 3 heteroatoms. The molecule has 0 atom stereocenters. The lowest BCUT2D eigenvalue weighted by atomic mass is 9.99. The van der Waals surface area contributed by atoms with E-state index in [-0.39, 0.29) is 0 Å². The summed E-state index contributed by atoms with van der Waals surface area (Å²) in [6.45, 7) is 13.8. The molecule has 0 saturated carbocycles. The lowest BCUT2D eigenvalue weighted by molar-refractivity contribution is 0.965. The highest BCUT2D eigenvalue weighted by atomic mass is 32.1. The van der Waals surface area contributed by atoms with E-state index in [9.17, 15) is 0 Å². The van der Waals surface area contributed by atoms with Crippen LogP contribution in [-0.2, 0) is 7.05 Å². The van der Waals surface area contributed by atoms with E-state index in [0.717, 1.165) is 25.8 Å². The molecule has 3 aromatic carbocycles. The minimum atomic E-state index is 0.912. The summed E-state index contributed by atoms with van der Waals surface area (Å²) in [7, 11) is 2.13. The van der Waals surface area contributed by atoms with Gasteiger partial charge in [0.2, 0.25) is 0 Å². The average molecular weight is 561 g/mol. The zero-order chi connectivity index (χ0) is 29.4. The zero-order valence-corrected chi connectivity index (χ0v) is 26.6. The maximum atomic E-state index is 4.74. The van der Waals surface area contributed by atoms with Crippen LogP contribution in [0.1, 0.15) is 73.4 Å². The van der Waals surface area contributed by atoms with Gasteiger partial charge in [-0.2, -0.15) is 0 Å². The normalized spacial score (nSPS) is 12.7. The van der Waals surface area contributed by atoms with Crippen LogP contribution in [-0.4, -0.2) is 11.1 Å². The third-order valence-corrected chi connectivity index (χ3v) is 8.97. The highest BCUT2D eigenvalue weighted by Gasteiger charge is 2.15. The molecule has 0 spiro atoms. The monoisotopic (exact) mass is 560 g/mol. The van der Waals surface area contributed by atoms with Crippen LogP contribution in [0.25, 0.3) is 39.5 Å². The second-order valence-electron chi connectivity index (χ2n) is 10.1. The molecule has 0 saturated heterocycles. The molecule has 1 aliphatic heterocycles. The van der Waals surface area contributed by atoms with Gasteiger partial charge in [0.1, 0.15) is 0 Å². The Bertz CT molecular complexity index is 1800. The smallest absolute Gasteiger partial charge is 0.0743 e. The molecular formula is C38H44N2S. The quantitative estimate of drug-likeness (QED) is 0.204. The predicted molar refractivity (Wildman–Crippen MR) is 183 cm³/mol. The first-order valence-corrected chi connectivity index (χ1v) is 15.9. The van der Waals surface area contributed by atoms with Gasteiger partial charge in [-0.05, 0) is 78.8 Å². The molecule has 1 aliphatic rings. The van der Waals surface area contributed by atoms with Gasteiger partial charge in [-0.25, -0.2) is 0 Å². The Morgan fingerprint density at radius 1 is 0.878 bits per heavy atom. The Hall–Kier alpha value is -3.69. The maximum absolute atomic E-state index is 4.74. The van der Waals surface area contributed by atoms with Crippen LogP contribution < -0.4 is 10.6 Å². The molecule has 0 aliphatic carbocycles. The van der Waals surface area contributed by atoms with Gasteiger partial charge in [-0.3, -0.25) is 4.99 Å². The van der Waals surface area contributed by atoms with Crippen molar-refractivity contribution in [3.05, 3.63) is 116 Å². The van der Waals surface area contributed by atoms with E-state index >= 15 is 0 Å². The number of rotatable bonds is 5. The van der Waals surface area contributed by atoms with E-state index in [1.54, 1.807) is 0 Å². The van der Waals surface area contributed by atoms with E-state index in [1.165, 1.54) is 64.4 Å². The molecule has 41 heavy (non-hydrogen) atoms. The molecule has 0 bridgehead atoms. The fourth-order valence-corrected chi connectivity index (χ4v) is 6.71. The van der Waals surface area contributed by atoms with E-state index in [0.29, 0.717) is 0 Å². The van der Waals surface area contributed by atoms with Crippen molar-refractivity contribution in [2.75, 3.05) is 6.54 Å². The van der Waals surface area contributed by atoms with Gasteiger partial charge in [-0.1, -0.05) is 101 Å². The first kappa shape index (κ1) is 30.3. The lowest BCUT2D eigenvalue weighted by Gasteiger charge is -2.07. The first-order valence-electron chi connectivity index (χ1n) is 15.1. The Kier molecular flexibility index (Phi) is 10.5. The van der Waals surface area contributed by atoms with Crippen LogP contribution in [0.3, 0.4) is 0 Å². The minimum Gasteiger partial charge on any atom is -0.344 e. The molecule has 0 fully saturated rings. The van der Waals surface area contributed by atoms with Crippen molar-refractivity contribution in [1.82, 2.24) is 4.57 Å². The number of hydrogen-bond acceptors (Lipinski definition) is 2. The van der Waals surface area contributed by atoms with Crippen LogP contribution in [0.4, 0.5) is 0 Å². The number of nitrogens with zero attached hydrogens (tertiary/aromatic N) is 2. The lowest BCUT2D eigenvalue weighted by Crippen LogP contribution is -2.28. The molecule has 3 heterocycles. The summed E-state index contributed by atoms with van der Waals surface area (Å²) >= 11 is 1.91. The standard InChI is InChI=1S/C20H24S.C16H14N2.C2H6/c1-5-7-14-19-15(3)16(4)20(21-19)18(11-6-2)17-12-9-8-10-13-17;1-18-13-7-3-2-6-12(13)15-14(18)9-8-11-5-4-10-17-16(11)15;1-2/h7-14H,5-6H2,1-4H3;2-3,5-9H,4,10H2,1H3;1-2H3/b14-7-,18-11-;;. The van der Waals surface area contributed by atoms with Crippen molar-refractivity contribution in [2.45, 2.75) is 60.8 Å². The summed E-state index contributed by atoms with van der Waals surface area (Å²) < 4.78 is 2.26. The van der Waals surface area contributed by atoms with Crippen molar-refractivity contribution in [3.63, 3.8) is 0 Å². The highest BCUT2D eigenvalue weighted by molar-refractivity contribution is 7.14. The van der Waals surface area contributed by atoms with Gasteiger partial charge in [0.15, 0.2) is 0 Å². The van der Waals surface area contributed by atoms with E-state index in [1.807, 2.05) is 25.2 Å². The summed E-state index contributed by atoms with van der Waals surface area (Å²) in [6.07, 6.45) is 12.4. The van der Waals surface area contributed by atoms with Crippen LogP contribution in [0.2, 0.25) is 0 Å². The zero-order valence-electron chi connectivity index (χ0n) is 25.8. The molecule has 6 rings (SSSR count). The number of benzene rings is 3. The number of thiophene rings is 1. The van der Waals surface area contributed by atoms with Crippen LogP contribution in [0.15, 0.2) is 83.9 Å². The highest BCUT2D eigenvalue weighted by Crippen LogP contribution is 2.37. The number of aryl methyl sites for hydroxylation is 1. The fourth-order valence-electron chi connectivity index (χ4n) is 5.40. The van der Waals surface area contributed by atoms with Crippen LogP contribution >= 0.6 is 11.3 Å². The fraction of sp³-hybridized carbons (Fsp3) is 0.289. The molecule has 0 N–H and O–H groups in total. The summed E-state index contributed by atoms with van der Waals surface area (Å²) in [6, 6.07) is 23.7. The number of aromatic nitrogens is 1. The maximum Gasteiger partial charge on any atom is 0.0743 e. The van der Waals surface area contributed by atoms with Crippen molar-refractivity contribution >= 4 is 50.9 Å². The summed E-state index contributed by atoms with van der Waals surface area (Å²) in [5.41, 5.74) is 8.07. The Labute approximate surface area is 250 Å². The number of fused-ring (bicyclic) bond motifs is 5. The van der Waals surface area contributed by atoms with Gasteiger partial charge in [-0.15, -0.1) is 11.3 Å². The predicted octanol–water partition coefficient (Wildman–Crippen LogP) is 9.79. The Morgan fingerprint density at radius 3 is 2.34 bits per heavy atom. The number of allylic oxidation sites excluding steroid dienone is 2. The summed E-state index contributed by atoms with van der Waals surface area (Å²) in [4.78, 5) is 7.54. The Morgan fingerprint density at radius 2 is 1.61 bits per heavy atom. The molecule has 2 nitrogen and oxygen atoms in total. The molecular weight excluding hydrogens is 516 g/mol. The van der Waals surface area contributed by atoms with Gasteiger partial charge in [0.25, 0.3) is 0 Å². The third-order valence-electron chi connectivity index (χ3n) is 7.57. The topological polar surface area (TPSA) is 17.3 Å². The van der Waals surface area contributed by atoms with E-state index in [2.05, 4.69) is 130 Å². The van der Waals surface area contributed by atoms with Crippen molar-refractivity contribution in [3.8, 4) is 0 Å². The van der Waals surface area contributed by atoms with Crippen molar-refractivity contribution in [1.29, 1.82) is 0 Å². The molecule has 2 aromatic heterocycles.